The number of rotatable bonds is 5. The van der Waals surface area contributed by atoms with E-state index in [-0.39, 0.29) is 10.8 Å². The number of hydrogen-bond acceptors (Lipinski definition) is 1. The maximum Gasteiger partial charge on any atom is 0.126 e. The Labute approximate surface area is 143 Å². The molecule has 1 aromatic rings. The van der Waals surface area contributed by atoms with Gasteiger partial charge < -0.3 is 4.74 Å². The average molecular weight is 315 g/mol. The standard InChI is InChI=1S/C22H34O/c1-10-13-16(11-2)17-14-18(21(4,5)6)20(23-12-3)19(15-17)22(7,8)9/h1,14-16H,11-13H2,2-9H3. The highest BCUT2D eigenvalue weighted by Crippen LogP contribution is 2.42. The Bertz CT molecular complexity index is 526. The van der Waals surface area contributed by atoms with Gasteiger partial charge in [0.2, 0.25) is 0 Å². The molecule has 1 heteroatoms. The summed E-state index contributed by atoms with van der Waals surface area (Å²) in [7, 11) is 0. The van der Waals surface area contributed by atoms with E-state index >= 15 is 0 Å². The molecule has 0 aromatic heterocycles. The van der Waals surface area contributed by atoms with Gasteiger partial charge in [0.1, 0.15) is 5.75 Å². The minimum atomic E-state index is 0.0367. The minimum Gasteiger partial charge on any atom is -0.493 e. The Morgan fingerprint density at radius 3 is 1.78 bits per heavy atom. The van der Waals surface area contributed by atoms with Gasteiger partial charge in [0.15, 0.2) is 0 Å². The quantitative estimate of drug-likeness (QED) is 0.588. The lowest BCUT2D eigenvalue weighted by molar-refractivity contribution is 0.319. The molecule has 1 rings (SSSR count). The van der Waals surface area contributed by atoms with Gasteiger partial charge >= 0.3 is 0 Å². The largest absolute Gasteiger partial charge is 0.493 e. The van der Waals surface area contributed by atoms with E-state index in [9.17, 15) is 0 Å². The first-order valence-corrected chi connectivity index (χ1v) is 8.81. The van der Waals surface area contributed by atoms with Crippen molar-refractivity contribution in [3.8, 4) is 18.1 Å². The van der Waals surface area contributed by atoms with E-state index in [1.165, 1.54) is 16.7 Å². The van der Waals surface area contributed by atoms with Gasteiger partial charge in [0, 0.05) is 17.5 Å². The van der Waals surface area contributed by atoms with Crippen molar-refractivity contribution in [2.75, 3.05) is 6.61 Å². The maximum absolute atomic E-state index is 6.11. The third kappa shape index (κ3) is 4.77. The predicted molar refractivity (Wildman–Crippen MR) is 101 cm³/mol. The monoisotopic (exact) mass is 314 g/mol. The molecule has 1 atom stereocenters. The molecule has 1 aromatic carbocycles. The van der Waals surface area contributed by atoms with Crippen molar-refractivity contribution in [2.24, 2.45) is 0 Å². The van der Waals surface area contributed by atoms with Crippen LogP contribution in [0.4, 0.5) is 0 Å². The van der Waals surface area contributed by atoms with Crippen molar-refractivity contribution in [3.63, 3.8) is 0 Å². The van der Waals surface area contributed by atoms with Gasteiger partial charge in [-0.05, 0) is 35.7 Å². The second-order valence-corrected chi connectivity index (χ2v) is 8.39. The molecule has 0 fully saturated rings. The summed E-state index contributed by atoms with van der Waals surface area (Å²) in [6, 6.07) is 4.65. The first-order chi connectivity index (χ1) is 10.6. The number of hydrogen-bond donors (Lipinski definition) is 0. The Kier molecular flexibility index (Phi) is 6.34. The molecule has 128 valence electrons. The van der Waals surface area contributed by atoms with Crippen LogP contribution in [0, 0.1) is 12.3 Å². The molecule has 0 aliphatic rings. The van der Waals surface area contributed by atoms with E-state index < -0.39 is 0 Å². The van der Waals surface area contributed by atoms with Crippen molar-refractivity contribution < 1.29 is 4.74 Å². The Hall–Kier alpha value is -1.42. The number of terminal acetylenes is 1. The van der Waals surface area contributed by atoms with Gasteiger partial charge in [-0.15, -0.1) is 12.3 Å². The summed E-state index contributed by atoms with van der Waals surface area (Å²) in [6.07, 6.45) is 7.44. The third-order valence-electron chi connectivity index (χ3n) is 4.34. The van der Waals surface area contributed by atoms with Crippen LogP contribution in [0.25, 0.3) is 0 Å². The lowest BCUT2D eigenvalue weighted by atomic mass is 9.76. The number of benzene rings is 1. The molecule has 0 aliphatic heterocycles. The highest BCUT2D eigenvalue weighted by atomic mass is 16.5. The zero-order chi connectivity index (χ0) is 17.8. The van der Waals surface area contributed by atoms with Gasteiger partial charge in [0.05, 0.1) is 6.61 Å². The maximum atomic E-state index is 6.11. The SMILES string of the molecule is C#CCC(CC)c1cc(C(C)(C)C)c(OCC)c(C(C)(C)C)c1. The van der Waals surface area contributed by atoms with Gasteiger partial charge in [-0.1, -0.05) is 60.6 Å². The summed E-state index contributed by atoms with van der Waals surface area (Å²) >= 11 is 0. The fourth-order valence-corrected chi connectivity index (χ4v) is 2.94. The zero-order valence-electron chi connectivity index (χ0n) is 16.3. The third-order valence-corrected chi connectivity index (χ3v) is 4.34. The molecule has 0 spiro atoms. The highest BCUT2D eigenvalue weighted by Gasteiger charge is 2.28. The molecule has 0 saturated heterocycles. The van der Waals surface area contributed by atoms with Crippen molar-refractivity contribution in [2.45, 2.75) is 85.0 Å². The van der Waals surface area contributed by atoms with E-state index in [1.54, 1.807) is 0 Å². The van der Waals surface area contributed by atoms with Crippen molar-refractivity contribution in [1.82, 2.24) is 0 Å². The van der Waals surface area contributed by atoms with Crippen LogP contribution in [0.1, 0.15) is 90.8 Å². The lowest BCUT2D eigenvalue weighted by Gasteiger charge is -2.31. The molecule has 0 heterocycles. The molecule has 0 radical (unpaired) electrons. The molecule has 0 bridgehead atoms. The lowest BCUT2D eigenvalue weighted by Crippen LogP contribution is -2.21. The predicted octanol–water partition coefficient (Wildman–Crippen LogP) is 6.20. The molecular formula is C22H34O. The molecule has 0 N–H and O–H groups in total. The highest BCUT2D eigenvalue weighted by molar-refractivity contribution is 5.51. The van der Waals surface area contributed by atoms with Crippen molar-refractivity contribution in [3.05, 3.63) is 28.8 Å². The fourth-order valence-electron chi connectivity index (χ4n) is 2.94. The minimum absolute atomic E-state index is 0.0367. The van der Waals surface area contributed by atoms with Crippen molar-refractivity contribution >= 4 is 0 Å². The summed E-state index contributed by atoms with van der Waals surface area (Å²) < 4.78 is 6.11. The number of ether oxygens (including phenoxy) is 1. The van der Waals surface area contributed by atoms with Crippen LogP contribution in [-0.4, -0.2) is 6.61 Å². The van der Waals surface area contributed by atoms with E-state index in [0.717, 1.165) is 18.6 Å². The van der Waals surface area contributed by atoms with Gasteiger partial charge in [-0.25, -0.2) is 0 Å². The normalized spacial score (nSPS) is 13.5. The Morgan fingerprint density at radius 1 is 1.00 bits per heavy atom. The van der Waals surface area contributed by atoms with Gasteiger partial charge in [0.25, 0.3) is 0 Å². The molecular weight excluding hydrogens is 280 g/mol. The Morgan fingerprint density at radius 2 is 1.48 bits per heavy atom. The molecule has 1 nitrogen and oxygen atoms in total. The first kappa shape index (κ1) is 19.6. The van der Waals surface area contributed by atoms with Gasteiger partial charge in [-0.3, -0.25) is 0 Å². The summed E-state index contributed by atoms with van der Waals surface area (Å²) in [5.74, 6) is 4.32. The topological polar surface area (TPSA) is 9.23 Å². The van der Waals surface area contributed by atoms with Crippen LogP contribution in [0.2, 0.25) is 0 Å². The van der Waals surface area contributed by atoms with Crippen LogP contribution in [0.5, 0.6) is 5.75 Å². The fraction of sp³-hybridized carbons (Fsp3) is 0.636. The first-order valence-electron chi connectivity index (χ1n) is 8.81. The molecule has 0 saturated carbocycles. The van der Waals surface area contributed by atoms with E-state index in [1.807, 2.05) is 0 Å². The van der Waals surface area contributed by atoms with Crippen LogP contribution in [0.15, 0.2) is 12.1 Å². The van der Waals surface area contributed by atoms with Crippen LogP contribution in [0.3, 0.4) is 0 Å². The van der Waals surface area contributed by atoms with Crippen LogP contribution >= 0.6 is 0 Å². The van der Waals surface area contributed by atoms with Crippen LogP contribution < -0.4 is 4.74 Å². The summed E-state index contributed by atoms with van der Waals surface area (Å²) in [5.41, 5.74) is 4.00. The smallest absolute Gasteiger partial charge is 0.126 e. The van der Waals surface area contributed by atoms with E-state index in [4.69, 9.17) is 11.2 Å². The van der Waals surface area contributed by atoms with Crippen molar-refractivity contribution in [1.29, 1.82) is 0 Å². The summed E-state index contributed by atoms with van der Waals surface area (Å²) in [5, 5.41) is 0. The Balaban J connectivity index is 3.69. The molecule has 0 amide bonds. The van der Waals surface area contributed by atoms with Crippen LogP contribution in [-0.2, 0) is 10.8 Å². The summed E-state index contributed by atoms with van der Waals surface area (Å²) in [4.78, 5) is 0. The second kappa shape index (κ2) is 7.43. The zero-order valence-corrected chi connectivity index (χ0v) is 16.3. The van der Waals surface area contributed by atoms with E-state index in [0.29, 0.717) is 12.5 Å². The molecule has 0 aliphatic carbocycles. The van der Waals surface area contributed by atoms with Gasteiger partial charge in [-0.2, -0.15) is 0 Å². The summed E-state index contributed by atoms with van der Waals surface area (Å²) in [6.45, 7) is 18.5. The van der Waals surface area contributed by atoms with E-state index in [2.05, 4.69) is 73.4 Å². The molecule has 1 unspecified atom stereocenters. The molecule has 23 heavy (non-hydrogen) atoms. The average Bonchev–Trinajstić information content (AvgIpc) is 2.43. The second-order valence-electron chi connectivity index (χ2n) is 8.39.